The molecule has 0 N–H and O–H groups in total. The van der Waals surface area contributed by atoms with Crippen LogP contribution in [0, 0.1) is 23.2 Å². The minimum atomic E-state index is -0.0853. The Labute approximate surface area is 176 Å². The fourth-order valence-electron chi connectivity index (χ4n) is 6.46. The van der Waals surface area contributed by atoms with Crippen LogP contribution in [0.25, 0.3) is 11.4 Å². The first-order chi connectivity index (χ1) is 14.0. The van der Waals surface area contributed by atoms with Crippen molar-refractivity contribution in [2.75, 3.05) is 7.11 Å². The van der Waals surface area contributed by atoms with Crippen LogP contribution in [0.15, 0.2) is 29.4 Å². The minimum Gasteiger partial charge on any atom is -0.497 e. The molecule has 1 atom stereocenters. The summed E-state index contributed by atoms with van der Waals surface area (Å²) < 4.78 is 7.23. The average molecular weight is 412 g/mol. The molecule has 1 aromatic carbocycles. The van der Waals surface area contributed by atoms with Crippen molar-refractivity contribution in [3.05, 3.63) is 24.3 Å². The van der Waals surface area contributed by atoms with E-state index in [9.17, 15) is 4.79 Å². The molecule has 6 rings (SSSR count). The van der Waals surface area contributed by atoms with E-state index in [1.807, 2.05) is 35.9 Å². The van der Waals surface area contributed by atoms with E-state index >= 15 is 0 Å². The van der Waals surface area contributed by atoms with E-state index in [-0.39, 0.29) is 10.7 Å². The number of carbonyl (C=O) groups excluding carboxylic acids is 1. The second-order valence-electron chi connectivity index (χ2n) is 9.42. The summed E-state index contributed by atoms with van der Waals surface area (Å²) in [6, 6.07) is 7.83. The Morgan fingerprint density at radius 3 is 2.24 bits per heavy atom. The Hall–Kier alpha value is -1.82. The Kier molecular flexibility index (Phi) is 4.72. The summed E-state index contributed by atoms with van der Waals surface area (Å²) in [5.41, 5.74) is 0.936. The third-order valence-corrected chi connectivity index (χ3v) is 8.53. The summed E-state index contributed by atoms with van der Waals surface area (Å²) in [4.78, 5) is 13.6. The number of thioether (sulfide) groups is 1. The number of nitrogens with zero attached hydrogens (tertiary/aromatic N) is 3. The molecule has 4 aliphatic carbocycles. The number of aromatic nitrogens is 3. The number of methoxy groups -OCH3 is 1. The Morgan fingerprint density at radius 2 is 1.69 bits per heavy atom. The van der Waals surface area contributed by atoms with Crippen molar-refractivity contribution in [1.82, 2.24) is 14.8 Å². The van der Waals surface area contributed by atoms with Gasteiger partial charge in [-0.15, -0.1) is 10.2 Å². The molecule has 0 saturated heterocycles. The normalized spacial score (nSPS) is 31.1. The van der Waals surface area contributed by atoms with Gasteiger partial charge in [0.05, 0.1) is 12.4 Å². The molecule has 0 amide bonds. The van der Waals surface area contributed by atoms with Crippen LogP contribution < -0.4 is 4.74 Å². The number of carbonyl (C=O) groups is 1. The molecule has 2 aromatic rings. The highest BCUT2D eigenvalue weighted by Crippen LogP contribution is 2.61. The number of Topliss-reactive ketones (excluding diaryl/α,β-unsaturated/α-hetero) is 1. The van der Waals surface area contributed by atoms with Gasteiger partial charge in [0.2, 0.25) is 0 Å². The number of hydrogen-bond acceptors (Lipinski definition) is 5. The van der Waals surface area contributed by atoms with E-state index < -0.39 is 0 Å². The maximum Gasteiger partial charge on any atom is 0.191 e. The predicted octanol–water partition coefficient (Wildman–Crippen LogP) is 4.76. The van der Waals surface area contributed by atoms with Gasteiger partial charge >= 0.3 is 0 Å². The molecule has 0 spiro atoms. The lowest BCUT2D eigenvalue weighted by atomic mass is 9.48. The van der Waals surface area contributed by atoms with E-state index in [0.717, 1.165) is 59.3 Å². The van der Waals surface area contributed by atoms with Crippen LogP contribution >= 0.6 is 11.8 Å². The molecule has 1 aromatic heterocycles. The van der Waals surface area contributed by atoms with Crippen LogP contribution in [0.2, 0.25) is 0 Å². The molecule has 0 aliphatic heterocycles. The lowest BCUT2D eigenvalue weighted by molar-refractivity contribution is -0.142. The summed E-state index contributed by atoms with van der Waals surface area (Å²) in [7, 11) is 3.64. The van der Waals surface area contributed by atoms with Crippen LogP contribution in [0.4, 0.5) is 0 Å². The molecule has 4 aliphatic rings. The molecule has 4 saturated carbocycles. The van der Waals surface area contributed by atoms with Crippen molar-refractivity contribution in [2.24, 2.45) is 30.2 Å². The summed E-state index contributed by atoms with van der Waals surface area (Å²) in [5, 5.41) is 9.50. The first kappa shape index (κ1) is 19.2. The van der Waals surface area contributed by atoms with E-state index in [1.54, 1.807) is 18.9 Å². The third kappa shape index (κ3) is 3.29. The summed E-state index contributed by atoms with van der Waals surface area (Å²) in [5.74, 6) is 4.46. The number of ether oxygens (including phenoxy) is 1. The first-order valence-electron chi connectivity index (χ1n) is 10.7. The highest BCUT2D eigenvalue weighted by molar-refractivity contribution is 8.00. The van der Waals surface area contributed by atoms with Gasteiger partial charge < -0.3 is 9.30 Å². The van der Waals surface area contributed by atoms with Crippen molar-refractivity contribution in [3.8, 4) is 17.1 Å². The number of hydrogen-bond donors (Lipinski definition) is 0. The Bertz CT molecular complexity index is 885. The average Bonchev–Trinajstić information content (AvgIpc) is 3.06. The predicted molar refractivity (Wildman–Crippen MR) is 114 cm³/mol. The van der Waals surface area contributed by atoms with Crippen molar-refractivity contribution >= 4 is 17.5 Å². The summed E-state index contributed by atoms with van der Waals surface area (Å²) in [6.45, 7) is 2.06. The quantitative estimate of drug-likeness (QED) is 0.642. The van der Waals surface area contributed by atoms with Gasteiger partial charge in [-0.1, -0.05) is 11.8 Å². The molecule has 154 valence electrons. The van der Waals surface area contributed by atoms with Crippen molar-refractivity contribution in [2.45, 2.75) is 55.9 Å². The smallest absolute Gasteiger partial charge is 0.191 e. The van der Waals surface area contributed by atoms with Gasteiger partial charge in [-0.05, 0) is 87.5 Å². The Balaban J connectivity index is 1.33. The summed E-state index contributed by atoms with van der Waals surface area (Å²) in [6.07, 6.45) is 7.46. The fraction of sp³-hybridized carbons (Fsp3) is 0.609. The van der Waals surface area contributed by atoms with Crippen LogP contribution in [-0.4, -0.2) is 32.9 Å². The second kappa shape index (κ2) is 7.15. The van der Waals surface area contributed by atoms with Gasteiger partial charge in [0, 0.05) is 18.0 Å². The molecular weight excluding hydrogens is 382 g/mol. The maximum atomic E-state index is 13.6. The van der Waals surface area contributed by atoms with Crippen LogP contribution in [0.3, 0.4) is 0 Å². The number of benzene rings is 1. The van der Waals surface area contributed by atoms with Crippen LogP contribution in [0.1, 0.15) is 45.4 Å². The van der Waals surface area contributed by atoms with Crippen molar-refractivity contribution < 1.29 is 9.53 Å². The van der Waals surface area contributed by atoms with Gasteiger partial charge in [0.25, 0.3) is 0 Å². The van der Waals surface area contributed by atoms with Gasteiger partial charge in [0.15, 0.2) is 16.8 Å². The lowest BCUT2D eigenvalue weighted by Crippen LogP contribution is -2.51. The zero-order chi connectivity index (χ0) is 20.2. The molecule has 4 bridgehead atoms. The lowest BCUT2D eigenvalue weighted by Gasteiger charge is -2.56. The van der Waals surface area contributed by atoms with Crippen molar-refractivity contribution in [3.63, 3.8) is 0 Å². The van der Waals surface area contributed by atoms with E-state index in [1.165, 1.54) is 19.3 Å². The molecule has 4 fully saturated rings. The standard InChI is InChI=1S/C23H29N3O2S/c1-14(20(27)23-11-15-8-16(12-23)10-17(9-15)13-23)29-22-25-24-21(26(22)2)18-4-6-19(28-3)7-5-18/h4-7,14-17H,8-13H2,1-3H3. The molecule has 5 nitrogen and oxygen atoms in total. The molecule has 6 heteroatoms. The van der Waals surface area contributed by atoms with E-state index in [2.05, 4.69) is 17.1 Å². The highest BCUT2D eigenvalue weighted by atomic mass is 32.2. The molecule has 29 heavy (non-hydrogen) atoms. The minimum absolute atomic E-state index is 0.0570. The number of ketones is 1. The zero-order valence-electron chi connectivity index (χ0n) is 17.4. The zero-order valence-corrected chi connectivity index (χ0v) is 18.2. The van der Waals surface area contributed by atoms with Gasteiger partial charge in [-0.3, -0.25) is 4.79 Å². The topological polar surface area (TPSA) is 57.0 Å². The third-order valence-electron chi connectivity index (χ3n) is 7.40. The van der Waals surface area contributed by atoms with Gasteiger partial charge in [0.1, 0.15) is 5.75 Å². The largest absolute Gasteiger partial charge is 0.497 e. The fourth-order valence-corrected chi connectivity index (χ4v) is 7.47. The van der Waals surface area contributed by atoms with Crippen LogP contribution in [-0.2, 0) is 11.8 Å². The number of rotatable bonds is 6. The van der Waals surface area contributed by atoms with E-state index in [0.29, 0.717) is 5.78 Å². The first-order valence-corrected chi connectivity index (χ1v) is 11.6. The van der Waals surface area contributed by atoms with Crippen molar-refractivity contribution in [1.29, 1.82) is 0 Å². The monoisotopic (exact) mass is 411 g/mol. The summed E-state index contributed by atoms with van der Waals surface area (Å²) >= 11 is 1.57. The van der Waals surface area contributed by atoms with Crippen LogP contribution in [0.5, 0.6) is 5.75 Å². The Morgan fingerprint density at radius 1 is 1.10 bits per heavy atom. The second-order valence-corrected chi connectivity index (χ2v) is 10.7. The van der Waals surface area contributed by atoms with E-state index in [4.69, 9.17) is 4.74 Å². The molecular formula is C23H29N3O2S. The molecule has 1 heterocycles. The van der Waals surface area contributed by atoms with Gasteiger partial charge in [-0.25, -0.2) is 0 Å². The van der Waals surface area contributed by atoms with Gasteiger partial charge in [-0.2, -0.15) is 0 Å². The highest BCUT2D eigenvalue weighted by Gasteiger charge is 2.55. The SMILES string of the molecule is COc1ccc(-c2nnc(SC(C)C(=O)C34CC5CC(CC(C5)C3)C4)n2C)cc1. The molecule has 0 radical (unpaired) electrons. The maximum absolute atomic E-state index is 13.6. The molecule has 1 unspecified atom stereocenters.